The molecule has 0 unspecified atom stereocenters. The van der Waals surface area contributed by atoms with Gasteiger partial charge in [-0.1, -0.05) is 0 Å². The minimum atomic E-state index is -3.86. The molecule has 106 valence electrons. The van der Waals surface area contributed by atoms with E-state index < -0.39 is 20.6 Å². The van der Waals surface area contributed by atoms with Gasteiger partial charge in [0.1, 0.15) is 5.69 Å². The van der Waals surface area contributed by atoms with Crippen molar-refractivity contribution in [2.75, 3.05) is 5.73 Å². The minimum absolute atomic E-state index is 0.0248. The number of furan rings is 1. The lowest BCUT2D eigenvalue weighted by molar-refractivity contribution is -0.384. The summed E-state index contributed by atoms with van der Waals surface area (Å²) in [5.74, 6) is 0. The largest absolute Gasteiger partial charge is 0.472 e. The molecule has 0 bridgehead atoms. The fourth-order valence-electron chi connectivity index (χ4n) is 1.50. The Morgan fingerprint density at radius 3 is 2.70 bits per heavy atom. The van der Waals surface area contributed by atoms with Crippen LogP contribution < -0.4 is 10.5 Å². The van der Waals surface area contributed by atoms with Gasteiger partial charge >= 0.3 is 0 Å². The Morgan fingerprint density at radius 2 is 2.10 bits per heavy atom. The predicted octanol–water partition coefficient (Wildman–Crippen LogP) is 1.25. The molecular weight excluding hydrogens is 286 g/mol. The molecule has 2 aromatic rings. The number of nitrogens with zero attached hydrogens (tertiary/aromatic N) is 1. The normalized spacial score (nSPS) is 11.4. The third-order valence-corrected chi connectivity index (χ3v) is 3.95. The van der Waals surface area contributed by atoms with Crippen molar-refractivity contribution in [1.29, 1.82) is 0 Å². The molecule has 0 aliphatic heterocycles. The number of sulfonamides is 1. The summed E-state index contributed by atoms with van der Waals surface area (Å²) < 4.78 is 31.1. The molecular formula is C11H11N3O5S. The van der Waals surface area contributed by atoms with Crippen LogP contribution >= 0.6 is 0 Å². The van der Waals surface area contributed by atoms with Gasteiger partial charge in [-0.05, 0) is 18.2 Å². The van der Waals surface area contributed by atoms with Crippen LogP contribution in [0.4, 0.5) is 11.4 Å². The van der Waals surface area contributed by atoms with Crippen LogP contribution in [0.15, 0.2) is 46.1 Å². The van der Waals surface area contributed by atoms with E-state index in [1.807, 2.05) is 0 Å². The molecule has 0 aliphatic carbocycles. The molecule has 0 saturated heterocycles. The highest BCUT2D eigenvalue weighted by atomic mass is 32.2. The van der Waals surface area contributed by atoms with E-state index in [4.69, 9.17) is 10.2 Å². The first kappa shape index (κ1) is 14.0. The average molecular weight is 297 g/mol. The van der Waals surface area contributed by atoms with Crippen LogP contribution in [0.2, 0.25) is 0 Å². The van der Waals surface area contributed by atoms with E-state index in [1.165, 1.54) is 24.7 Å². The molecule has 8 nitrogen and oxygen atoms in total. The molecule has 0 atom stereocenters. The summed E-state index contributed by atoms with van der Waals surface area (Å²) in [6.07, 6.45) is 2.81. The second kappa shape index (κ2) is 5.31. The molecule has 0 fully saturated rings. The Hall–Kier alpha value is -2.39. The van der Waals surface area contributed by atoms with Gasteiger partial charge in [-0.3, -0.25) is 10.1 Å². The van der Waals surface area contributed by atoms with E-state index in [9.17, 15) is 18.5 Å². The van der Waals surface area contributed by atoms with E-state index in [-0.39, 0.29) is 17.1 Å². The Balaban J connectivity index is 2.25. The number of anilines is 1. The lowest BCUT2D eigenvalue weighted by Gasteiger charge is -2.06. The zero-order valence-corrected chi connectivity index (χ0v) is 11.0. The van der Waals surface area contributed by atoms with Gasteiger partial charge in [0.25, 0.3) is 5.69 Å². The van der Waals surface area contributed by atoms with Crippen molar-refractivity contribution in [3.05, 3.63) is 52.5 Å². The molecule has 1 aromatic carbocycles. The van der Waals surface area contributed by atoms with Gasteiger partial charge in [0, 0.05) is 18.2 Å². The molecule has 0 amide bonds. The van der Waals surface area contributed by atoms with E-state index in [0.717, 1.165) is 6.07 Å². The summed E-state index contributed by atoms with van der Waals surface area (Å²) in [7, 11) is -3.86. The van der Waals surface area contributed by atoms with Crippen LogP contribution in [0.5, 0.6) is 0 Å². The summed E-state index contributed by atoms with van der Waals surface area (Å²) in [6.45, 7) is 0.0248. The summed E-state index contributed by atoms with van der Waals surface area (Å²) >= 11 is 0. The number of benzene rings is 1. The molecule has 0 radical (unpaired) electrons. The van der Waals surface area contributed by atoms with E-state index in [0.29, 0.717) is 5.56 Å². The zero-order valence-electron chi connectivity index (χ0n) is 10.1. The maximum absolute atomic E-state index is 12.0. The third kappa shape index (κ3) is 2.95. The summed E-state index contributed by atoms with van der Waals surface area (Å²) in [5, 5.41) is 10.7. The molecule has 0 aliphatic rings. The van der Waals surface area contributed by atoms with Crippen molar-refractivity contribution in [1.82, 2.24) is 4.72 Å². The second-order valence-electron chi connectivity index (χ2n) is 3.93. The number of hydrogen-bond donors (Lipinski definition) is 2. The highest BCUT2D eigenvalue weighted by molar-refractivity contribution is 7.89. The maximum Gasteiger partial charge on any atom is 0.293 e. The quantitative estimate of drug-likeness (QED) is 0.485. The lowest BCUT2D eigenvalue weighted by atomic mass is 10.3. The topological polar surface area (TPSA) is 128 Å². The van der Waals surface area contributed by atoms with E-state index >= 15 is 0 Å². The number of rotatable bonds is 5. The van der Waals surface area contributed by atoms with Gasteiger partial charge in [0.15, 0.2) is 0 Å². The van der Waals surface area contributed by atoms with Gasteiger partial charge in [-0.25, -0.2) is 13.1 Å². The van der Waals surface area contributed by atoms with Crippen LogP contribution in [0, 0.1) is 10.1 Å². The Bertz CT molecular complexity index is 725. The standard InChI is InChI=1S/C11H11N3O5S/c12-10-2-1-9(5-11(10)14(15)16)20(17,18)13-6-8-3-4-19-7-8/h1-5,7,13H,6,12H2. The van der Waals surface area contributed by atoms with Crippen molar-refractivity contribution in [2.24, 2.45) is 0 Å². The second-order valence-corrected chi connectivity index (χ2v) is 5.70. The predicted molar refractivity (Wildman–Crippen MR) is 70.2 cm³/mol. The monoisotopic (exact) mass is 297 g/mol. The van der Waals surface area contributed by atoms with Crippen LogP contribution in [0.1, 0.15) is 5.56 Å². The smallest absolute Gasteiger partial charge is 0.293 e. The maximum atomic E-state index is 12.0. The first-order valence-electron chi connectivity index (χ1n) is 5.45. The molecule has 1 aromatic heterocycles. The first-order chi connectivity index (χ1) is 9.40. The van der Waals surface area contributed by atoms with Crippen molar-refractivity contribution >= 4 is 21.4 Å². The van der Waals surface area contributed by atoms with Crippen LogP contribution in [0.25, 0.3) is 0 Å². The summed E-state index contributed by atoms with van der Waals surface area (Å²) in [5.41, 5.74) is 5.51. The molecule has 0 saturated carbocycles. The van der Waals surface area contributed by atoms with Gasteiger partial charge in [0.05, 0.1) is 22.3 Å². The molecule has 0 spiro atoms. The molecule has 9 heteroatoms. The highest BCUT2D eigenvalue weighted by Gasteiger charge is 2.20. The van der Waals surface area contributed by atoms with E-state index in [1.54, 1.807) is 6.07 Å². The van der Waals surface area contributed by atoms with Crippen molar-refractivity contribution < 1.29 is 17.8 Å². The van der Waals surface area contributed by atoms with Crippen LogP contribution in [-0.2, 0) is 16.6 Å². The summed E-state index contributed by atoms with van der Waals surface area (Å²) in [6, 6.07) is 4.92. The van der Waals surface area contributed by atoms with E-state index in [2.05, 4.69) is 4.72 Å². The average Bonchev–Trinajstić information content (AvgIpc) is 2.89. The van der Waals surface area contributed by atoms with Crippen molar-refractivity contribution in [2.45, 2.75) is 11.4 Å². The SMILES string of the molecule is Nc1ccc(S(=O)(=O)NCc2ccoc2)cc1[N+](=O)[O-]. The molecule has 1 heterocycles. The first-order valence-corrected chi connectivity index (χ1v) is 6.93. The number of nitrogens with two attached hydrogens (primary N) is 1. The number of nitro groups is 1. The lowest BCUT2D eigenvalue weighted by Crippen LogP contribution is -2.23. The van der Waals surface area contributed by atoms with Gasteiger partial charge in [-0.2, -0.15) is 0 Å². The van der Waals surface area contributed by atoms with Gasteiger partial charge in [-0.15, -0.1) is 0 Å². The fourth-order valence-corrected chi connectivity index (χ4v) is 2.54. The van der Waals surface area contributed by atoms with Crippen LogP contribution in [0.3, 0.4) is 0 Å². The van der Waals surface area contributed by atoms with Gasteiger partial charge in [0.2, 0.25) is 10.0 Å². The zero-order chi connectivity index (χ0) is 14.8. The molecule has 20 heavy (non-hydrogen) atoms. The molecule has 2 rings (SSSR count). The van der Waals surface area contributed by atoms with Crippen molar-refractivity contribution in [3.8, 4) is 0 Å². The van der Waals surface area contributed by atoms with Crippen molar-refractivity contribution in [3.63, 3.8) is 0 Å². The number of nitrogen functional groups attached to an aromatic ring is 1. The Kier molecular flexibility index (Phi) is 3.72. The fraction of sp³-hybridized carbons (Fsp3) is 0.0909. The van der Waals surface area contributed by atoms with Gasteiger partial charge < -0.3 is 10.2 Å². The Labute approximate surface area is 114 Å². The van der Waals surface area contributed by atoms with Crippen LogP contribution in [-0.4, -0.2) is 13.3 Å². The third-order valence-electron chi connectivity index (χ3n) is 2.56. The number of nitro benzene ring substituents is 1. The summed E-state index contributed by atoms with van der Waals surface area (Å²) in [4.78, 5) is 9.79. The highest BCUT2D eigenvalue weighted by Crippen LogP contribution is 2.24. The Morgan fingerprint density at radius 1 is 1.35 bits per heavy atom. The molecule has 3 N–H and O–H groups in total. The number of hydrogen-bond acceptors (Lipinski definition) is 6. The minimum Gasteiger partial charge on any atom is -0.472 e. The number of nitrogens with one attached hydrogen (secondary N) is 1.